The normalized spacial score (nSPS) is 25.8. The molecule has 3 nitrogen and oxygen atoms in total. The van der Waals surface area contributed by atoms with E-state index < -0.39 is 21.9 Å². The third-order valence-electron chi connectivity index (χ3n) is 4.58. The molecule has 0 aromatic carbocycles. The van der Waals surface area contributed by atoms with E-state index in [1.54, 1.807) is 14.0 Å². The smallest absolute Gasteiger partial charge is 0.317 e. The van der Waals surface area contributed by atoms with Gasteiger partial charge in [0.2, 0.25) is 0 Å². The summed E-state index contributed by atoms with van der Waals surface area (Å²) < 4.78 is 60.8. The summed E-state index contributed by atoms with van der Waals surface area (Å²) in [4.78, 5) is 0. The molecule has 0 amide bonds. The van der Waals surface area contributed by atoms with E-state index in [-0.39, 0.29) is 36.3 Å². The summed E-state index contributed by atoms with van der Waals surface area (Å²) in [5.41, 5.74) is 0. The monoisotopic (exact) mass is 329 g/mol. The van der Waals surface area contributed by atoms with Gasteiger partial charge in [-0.05, 0) is 51.5 Å². The molecule has 1 N–H and O–H groups in total. The number of rotatable bonds is 7. The highest BCUT2D eigenvalue weighted by Gasteiger charge is 2.42. The maximum Gasteiger partial charge on any atom is 0.391 e. The van der Waals surface area contributed by atoms with Gasteiger partial charge in [-0.2, -0.15) is 13.2 Å². The van der Waals surface area contributed by atoms with Gasteiger partial charge in [0.25, 0.3) is 0 Å². The summed E-state index contributed by atoms with van der Waals surface area (Å²) in [6.07, 6.45) is -1.28. The van der Waals surface area contributed by atoms with Crippen molar-refractivity contribution in [3.05, 3.63) is 0 Å². The van der Waals surface area contributed by atoms with E-state index in [1.807, 2.05) is 0 Å². The van der Waals surface area contributed by atoms with E-state index in [1.165, 1.54) is 0 Å². The molecule has 0 aliphatic heterocycles. The number of alkyl halides is 3. The third kappa shape index (κ3) is 6.14. The lowest BCUT2D eigenvalue weighted by atomic mass is 9.77. The average molecular weight is 329 g/mol. The largest absolute Gasteiger partial charge is 0.391 e. The van der Waals surface area contributed by atoms with Crippen LogP contribution in [0.15, 0.2) is 0 Å². The second kappa shape index (κ2) is 7.81. The number of nitrogens with one attached hydrogen (secondary N) is 1. The zero-order valence-corrected chi connectivity index (χ0v) is 13.6. The molecule has 0 saturated heterocycles. The Morgan fingerprint density at radius 1 is 1.19 bits per heavy atom. The van der Waals surface area contributed by atoms with Gasteiger partial charge in [-0.1, -0.05) is 6.92 Å². The molecule has 1 aliphatic carbocycles. The van der Waals surface area contributed by atoms with Gasteiger partial charge in [-0.3, -0.25) is 0 Å². The Kier molecular flexibility index (Phi) is 6.97. The number of hydrogen-bond acceptors (Lipinski definition) is 3. The van der Waals surface area contributed by atoms with Crippen molar-refractivity contribution in [3.8, 4) is 0 Å². The highest BCUT2D eigenvalue weighted by Crippen LogP contribution is 2.40. The van der Waals surface area contributed by atoms with Gasteiger partial charge < -0.3 is 5.32 Å². The van der Waals surface area contributed by atoms with Gasteiger partial charge >= 0.3 is 6.18 Å². The summed E-state index contributed by atoms with van der Waals surface area (Å²) in [5.74, 6) is -0.627. The van der Waals surface area contributed by atoms with Gasteiger partial charge in [0.15, 0.2) is 0 Å². The van der Waals surface area contributed by atoms with Gasteiger partial charge in [0.05, 0.1) is 11.7 Å². The van der Waals surface area contributed by atoms with Gasteiger partial charge in [0, 0.05) is 11.8 Å². The van der Waals surface area contributed by atoms with Crippen molar-refractivity contribution in [2.24, 2.45) is 11.8 Å². The molecule has 21 heavy (non-hydrogen) atoms. The first-order valence-electron chi connectivity index (χ1n) is 7.64. The fraction of sp³-hybridized carbons (Fsp3) is 1.00. The van der Waals surface area contributed by atoms with Crippen LogP contribution >= 0.6 is 0 Å². The van der Waals surface area contributed by atoms with E-state index >= 15 is 0 Å². The zero-order valence-electron chi connectivity index (χ0n) is 12.7. The molecule has 126 valence electrons. The van der Waals surface area contributed by atoms with E-state index in [0.29, 0.717) is 25.7 Å². The quantitative estimate of drug-likeness (QED) is 0.780. The second-order valence-electron chi connectivity index (χ2n) is 5.93. The summed E-state index contributed by atoms with van der Waals surface area (Å²) in [5, 5.41) is 3.15. The molecule has 0 aromatic heterocycles. The molecule has 7 heteroatoms. The summed E-state index contributed by atoms with van der Waals surface area (Å²) in [6, 6.07) is 0.117. The molecule has 0 spiro atoms. The van der Waals surface area contributed by atoms with E-state index in [4.69, 9.17) is 0 Å². The standard InChI is InChI=1S/C14H26F3NO2S/c1-3-21(19,20)10-4-5-13(18-2)11-6-8-12(9-7-11)14(15,16)17/h11-13,18H,3-10H2,1-2H3. The van der Waals surface area contributed by atoms with E-state index in [9.17, 15) is 21.6 Å². The third-order valence-corrected chi connectivity index (χ3v) is 6.38. The zero-order chi connectivity index (χ0) is 16.1. The molecule has 0 bridgehead atoms. The molecular weight excluding hydrogens is 303 g/mol. The minimum Gasteiger partial charge on any atom is -0.317 e. The lowest BCUT2D eigenvalue weighted by molar-refractivity contribution is -0.184. The molecule has 1 aliphatic rings. The predicted molar refractivity (Wildman–Crippen MR) is 77.9 cm³/mol. The Balaban J connectivity index is 2.41. The highest BCUT2D eigenvalue weighted by molar-refractivity contribution is 7.91. The minimum absolute atomic E-state index is 0.117. The first kappa shape index (κ1) is 18.7. The number of hydrogen-bond donors (Lipinski definition) is 1. The molecule has 0 radical (unpaired) electrons. The van der Waals surface area contributed by atoms with Crippen LogP contribution < -0.4 is 5.32 Å². The summed E-state index contributed by atoms with van der Waals surface area (Å²) in [6.45, 7) is 1.63. The van der Waals surface area contributed by atoms with Crippen molar-refractivity contribution in [2.45, 2.75) is 57.7 Å². The fourth-order valence-corrected chi connectivity index (χ4v) is 4.03. The molecule has 1 rings (SSSR count). The fourth-order valence-electron chi connectivity index (χ4n) is 3.13. The van der Waals surface area contributed by atoms with Gasteiger partial charge in [0.1, 0.15) is 9.84 Å². The molecule has 1 unspecified atom stereocenters. The summed E-state index contributed by atoms with van der Waals surface area (Å²) in [7, 11) is -1.16. The van der Waals surface area contributed by atoms with Crippen molar-refractivity contribution in [2.75, 3.05) is 18.6 Å². The maximum atomic E-state index is 12.6. The number of halogens is 3. The molecular formula is C14H26F3NO2S. The van der Waals surface area contributed by atoms with Crippen molar-refractivity contribution < 1.29 is 21.6 Å². The highest BCUT2D eigenvalue weighted by atomic mass is 32.2. The van der Waals surface area contributed by atoms with Crippen molar-refractivity contribution in [3.63, 3.8) is 0 Å². The van der Waals surface area contributed by atoms with Crippen molar-refractivity contribution in [1.82, 2.24) is 5.32 Å². The van der Waals surface area contributed by atoms with Crippen LogP contribution in [0.5, 0.6) is 0 Å². The van der Waals surface area contributed by atoms with Crippen molar-refractivity contribution >= 4 is 9.84 Å². The SMILES string of the molecule is CCS(=O)(=O)CCCC(NC)C1CCC(C(F)(F)F)CC1. The number of sulfone groups is 1. The van der Waals surface area contributed by atoms with Crippen molar-refractivity contribution in [1.29, 1.82) is 0 Å². The Bertz CT molecular complexity index is 401. The molecule has 1 fully saturated rings. The first-order chi connectivity index (χ1) is 9.69. The van der Waals surface area contributed by atoms with Crippen LogP contribution in [0.4, 0.5) is 13.2 Å². The van der Waals surface area contributed by atoms with Crippen LogP contribution in [0.25, 0.3) is 0 Å². The van der Waals surface area contributed by atoms with Crippen LogP contribution in [0.1, 0.15) is 45.4 Å². The van der Waals surface area contributed by atoms with Crippen LogP contribution in [0.3, 0.4) is 0 Å². The van der Waals surface area contributed by atoms with E-state index in [2.05, 4.69) is 5.32 Å². The molecule has 0 heterocycles. The predicted octanol–water partition coefficient (Wildman–Crippen LogP) is 3.16. The van der Waals surface area contributed by atoms with Crippen LogP contribution in [0.2, 0.25) is 0 Å². The van der Waals surface area contributed by atoms with Crippen LogP contribution in [-0.4, -0.2) is 39.2 Å². The Labute approximate surface area is 125 Å². The topological polar surface area (TPSA) is 46.2 Å². The second-order valence-corrected chi connectivity index (χ2v) is 8.40. The summed E-state index contributed by atoms with van der Waals surface area (Å²) >= 11 is 0. The molecule has 1 saturated carbocycles. The van der Waals surface area contributed by atoms with E-state index in [0.717, 1.165) is 0 Å². The Morgan fingerprint density at radius 2 is 1.76 bits per heavy atom. The van der Waals surface area contributed by atoms with Gasteiger partial charge in [-0.25, -0.2) is 8.42 Å². The van der Waals surface area contributed by atoms with Crippen LogP contribution in [0, 0.1) is 11.8 Å². The molecule has 0 aromatic rings. The molecule has 1 atom stereocenters. The maximum absolute atomic E-state index is 12.6. The Morgan fingerprint density at radius 3 is 2.19 bits per heavy atom. The lowest BCUT2D eigenvalue weighted by Crippen LogP contribution is -2.38. The Hall–Kier alpha value is -0.300. The van der Waals surface area contributed by atoms with Crippen LogP contribution in [-0.2, 0) is 9.84 Å². The average Bonchev–Trinajstić information content (AvgIpc) is 2.43. The van der Waals surface area contributed by atoms with Gasteiger partial charge in [-0.15, -0.1) is 0 Å². The minimum atomic E-state index is -4.07. The first-order valence-corrected chi connectivity index (χ1v) is 9.46. The lowest BCUT2D eigenvalue weighted by Gasteiger charge is -2.34.